The molecule has 5 nitrogen and oxygen atoms in total. The molecule has 3 aromatic rings. The van der Waals surface area contributed by atoms with Crippen LogP contribution in [-0.2, 0) is 0 Å². The van der Waals surface area contributed by atoms with Crippen LogP contribution < -0.4 is 4.74 Å². The Labute approximate surface area is 152 Å². The maximum absolute atomic E-state index is 13.2. The molecular formula is C20H22FN3O2. The smallest absolute Gasteiger partial charge is 0.317 e. The van der Waals surface area contributed by atoms with E-state index < -0.39 is 0 Å². The van der Waals surface area contributed by atoms with Crippen LogP contribution in [0.1, 0.15) is 13.8 Å². The van der Waals surface area contributed by atoms with Crippen LogP contribution in [0.2, 0.25) is 0 Å². The summed E-state index contributed by atoms with van der Waals surface area (Å²) in [5, 5.41) is 0. The number of likely N-dealkylation sites (N-methyl/N-ethyl adjacent to an activating group) is 1. The first kappa shape index (κ1) is 18.1. The fourth-order valence-corrected chi connectivity index (χ4v) is 2.61. The minimum atomic E-state index is -0.287. The van der Waals surface area contributed by atoms with Crippen molar-refractivity contribution in [2.24, 2.45) is 0 Å². The zero-order chi connectivity index (χ0) is 18.4. The van der Waals surface area contributed by atoms with E-state index in [1.54, 1.807) is 24.5 Å². The van der Waals surface area contributed by atoms with E-state index in [0.29, 0.717) is 23.8 Å². The van der Waals surface area contributed by atoms with Crippen LogP contribution in [0.25, 0.3) is 22.7 Å². The summed E-state index contributed by atoms with van der Waals surface area (Å²) in [6, 6.07) is 11.9. The van der Waals surface area contributed by atoms with Crippen molar-refractivity contribution in [2.45, 2.75) is 13.8 Å². The Bertz CT molecular complexity index is 816. The molecule has 0 amide bonds. The molecule has 0 saturated carbocycles. The van der Waals surface area contributed by atoms with Gasteiger partial charge in [0, 0.05) is 12.1 Å². The Kier molecular flexibility index (Phi) is 5.96. The van der Waals surface area contributed by atoms with Gasteiger partial charge < -0.3 is 14.1 Å². The van der Waals surface area contributed by atoms with E-state index in [9.17, 15) is 4.39 Å². The molecule has 2 aromatic heterocycles. The second kappa shape index (κ2) is 8.58. The number of furan rings is 1. The number of hydrogen-bond donors (Lipinski definition) is 0. The molecule has 2 heterocycles. The largest absolute Gasteiger partial charge is 0.463 e. The molecule has 3 rings (SSSR count). The van der Waals surface area contributed by atoms with Crippen LogP contribution in [0.5, 0.6) is 6.01 Å². The summed E-state index contributed by atoms with van der Waals surface area (Å²) in [6.07, 6.45) is 1.59. The number of aromatic nitrogens is 2. The van der Waals surface area contributed by atoms with Gasteiger partial charge in [-0.1, -0.05) is 13.8 Å². The molecular weight excluding hydrogens is 333 g/mol. The lowest BCUT2D eigenvalue weighted by Gasteiger charge is -2.17. The topological polar surface area (TPSA) is 51.4 Å². The molecule has 0 aliphatic rings. The van der Waals surface area contributed by atoms with E-state index >= 15 is 0 Å². The predicted molar refractivity (Wildman–Crippen MR) is 98.4 cm³/mol. The molecule has 0 bridgehead atoms. The van der Waals surface area contributed by atoms with E-state index in [4.69, 9.17) is 9.15 Å². The minimum Gasteiger partial charge on any atom is -0.463 e. The standard InChI is InChI=1S/C20H22FN3O2/c1-3-24(4-2)11-13-26-20-22-17(15-7-9-16(21)10-8-15)14-18(23-20)19-6-5-12-25-19/h5-10,12,14H,3-4,11,13H2,1-2H3. The Balaban J connectivity index is 1.87. The Morgan fingerprint density at radius 2 is 1.77 bits per heavy atom. The molecule has 26 heavy (non-hydrogen) atoms. The van der Waals surface area contributed by atoms with Crippen molar-refractivity contribution < 1.29 is 13.5 Å². The maximum atomic E-state index is 13.2. The number of rotatable bonds is 8. The summed E-state index contributed by atoms with van der Waals surface area (Å²) in [5.41, 5.74) is 2.07. The second-order valence-electron chi connectivity index (χ2n) is 5.78. The van der Waals surface area contributed by atoms with Gasteiger partial charge in [0.1, 0.15) is 18.1 Å². The van der Waals surface area contributed by atoms with Gasteiger partial charge in [-0.3, -0.25) is 0 Å². The molecule has 0 fully saturated rings. The van der Waals surface area contributed by atoms with Gasteiger partial charge in [-0.2, -0.15) is 9.97 Å². The zero-order valence-corrected chi connectivity index (χ0v) is 15.0. The number of hydrogen-bond acceptors (Lipinski definition) is 5. The highest BCUT2D eigenvalue weighted by Gasteiger charge is 2.12. The summed E-state index contributed by atoms with van der Waals surface area (Å²) < 4.78 is 24.4. The first-order chi connectivity index (χ1) is 12.7. The van der Waals surface area contributed by atoms with Crippen LogP contribution in [-0.4, -0.2) is 41.1 Å². The molecule has 0 aliphatic carbocycles. The third-order valence-electron chi connectivity index (χ3n) is 4.15. The van der Waals surface area contributed by atoms with Gasteiger partial charge in [0.25, 0.3) is 0 Å². The summed E-state index contributed by atoms with van der Waals surface area (Å²) in [7, 11) is 0. The van der Waals surface area contributed by atoms with Crippen molar-refractivity contribution in [3.63, 3.8) is 0 Å². The maximum Gasteiger partial charge on any atom is 0.317 e. The lowest BCUT2D eigenvalue weighted by atomic mass is 10.1. The molecule has 0 aliphatic heterocycles. The van der Waals surface area contributed by atoms with E-state index in [0.717, 1.165) is 25.2 Å². The molecule has 0 unspecified atom stereocenters. The van der Waals surface area contributed by atoms with Gasteiger partial charge in [-0.15, -0.1) is 0 Å². The third-order valence-corrected chi connectivity index (χ3v) is 4.15. The third kappa shape index (κ3) is 4.46. The first-order valence-electron chi connectivity index (χ1n) is 8.73. The lowest BCUT2D eigenvalue weighted by Crippen LogP contribution is -2.28. The van der Waals surface area contributed by atoms with E-state index in [1.165, 1.54) is 12.1 Å². The highest BCUT2D eigenvalue weighted by molar-refractivity contribution is 5.65. The number of benzene rings is 1. The first-order valence-corrected chi connectivity index (χ1v) is 8.73. The van der Waals surface area contributed by atoms with Crippen LogP contribution in [0.4, 0.5) is 4.39 Å². The average molecular weight is 355 g/mol. The SMILES string of the molecule is CCN(CC)CCOc1nc(-c2ccc(F)cc2)cc(-c2ccco2)n1. The van der Waals surface area contributed by atoms with E-state index in [1.807, 2.05) is 12.1 Å². The van der Waals surface area contributed by atoms with Gasteiger partial charge in [0.2, 0.25) is 0 Å². The van der Waals surface area contributed by atoms with Crippen molar-refractivity contribution in [1.29, 1.82) is 0 Å². The molecule has 0 spiro atoms. The molecule has 0 atom stereocenters. The van der Waals surface area contributed by atoms with E-state index in [-0.39, 0.29) is 11.8 Å². The van der Waals surface area contributed by atoms with Crippen LogP contribution in [0, 0.1) is 5.82 Å². The van der Waals surface area contributed by atoms with Crippen molar-refractivity contribution in [2.75, 3.05) is 26.2 Å². The second-order valence-corrected chi connectivity index (χ2v) is 5.78. The van der Waals surface area contributed by atoms with E-state index in [2.05, 4.69) is 28.7 Å². The summed E-state index contributed by atoms with van der Waals surface area (Å²) in [6.45, 7) is 7.45. The predicted octanol–water partition coefficient (Wildman–Crippen LogP) is 4.26. The molecule has 0 radical (unpaired) electrons. The minimum absolute atomic E-state index is 0.283. The molecule has 136 valence electrons. The monoisotopic (exact) mass is 355 g/mol. The zero-order valence-electron chi connectivity index (χ0n) is 15.0. The molecule has 6 heteroatoms. The highest BCUT2D eigenvalue weighted by atomic mass is 19.1. The van der Waals surface area contributed by atoms with Crippen LogP contribution in [0.15, 0.2) is 53.1 Å². The fraction of sp³-hybridized carbons (Fsp3) is 0.300. The number of halogens is 1. The average Bonchev–Trinajstić information content (AvgIpc) is 3.20. The summed E-state index contributed by atoms with van der Waals surface area (Å²) in [4.78, 5) is 11.2. The molecule has 0 N–H and O–H groups in total. The van der Waals surface area contributed by atoms with Gasteiger partial charge in [0.15, 0.2) is 5.76 Å². The van der Waals surface area contributed by atoms with Gasteiger partial charge in [-0.05, 0) is 55.6 Å². The number of ether oxygens (including phenoxy) is 1. The quantitative estimate of drug-likeness (QED) is 0.604. The molecule has 0 saturated heterocycles. The lowest BCUT2D eigenvalue weighted by molar-refractivity contribution is 0.212. The highest BCUT2D eigenvalue weighted by Crippen LogP contribution is 2.26. The van der Waals surface area contributed by atoms with Crippen molar-refractivity contribution >= 4 is 0 Å². The van der Waals surface area contributed by atoms with Crippen molar-refractivity contribution in [3.8, 4) is 28.7 Å². The van der Waals surface area contributed by atoms with Crippen molar-refractivity contribution in [1.82, 2.24) is 14.9 Å². The summed E-state index contributed by atoms with van der Waals surface area (Å²) >= 11 is 0. The van der Waals surface area contributed by atoms with Gasteiger partial charge in [0.05, 0.1) is 12.0 Å². The Morgan fingerprint density at radius 3 is 2.42 bits per heavy atom. The van der Waals surface area contributed by atoms with Crippen LogP contribution >= 0.6 is 0 Å². The van der Waals surface area contributed by atoms with Gasteiger partial charge >= 0.3 is 6.01 Å². The van der Waals surface area contributed by atoms with Gasteiger partial charge in [-0.25, -0.2) is 4.39 Å². The van der Waals surface area contributed by atoms with Crippen LogP contribution in [0.3, 0.4) is 0 Å². The summed E-state index contributed by atoms with van der Waals surface area (Å²) in [5.74, 6) is 0.342. The fourth-order valence-electron chi connectivity index (χ4n) is 2.61. The Hall–Kier alpha value is -2.73. The normalized spacial score (nSPS) is 11.1. The molecule has 1 aromatic carbocycles. The number of nitrogens with zero attached hydrogens (tertiary/aromatic N) is 3. The van der Waals surface area contributed by atoms with Crippen molar-refractivity contribution in [3.05, 3.63) is 54.5 Å². The Morgan fingerprint density at radius 1 is 1.04 bits per heavy atom.